The normalized spacial score (nSPS) is 10.3. The molecule has 0 spiro atoms. The Morgan fingerprint density at radius 1 is 1.20 bits per heavy atom. The molecule has 0 aliphatic rings. The SMILES string of the molecule is CN(C)c1nc(N)n(-c2ccccc2)n1. The quantitative estimate of drug-likeness (QED) is 0.788. The first-order chi connectivity index (χ1) is 7.18. The van der Waals surface area contributed by atoms with E-state index in [1.54, 1.807) is 4.68 Å². The lowest BCUT2D eigenvalue weighted by Gasteiger charge is -2.04. The van der Waals surface area contributed by atoms with Crippen LogP contribution in [0.2, 0.25) is 0 Å². The van der Waals surface area contributed by atoms with Crippen molar-refractivity contribution in [2.45, 2.75) is 0 Å². The van der Waals surface area contributed by atoms with E-state index in [2.05, 4.69) is 10.1 Å². The zero-order valence-electron chi connectivity index (χ0n) is 8.75. The molecule has 0 aliphatic heterocycles. The van der Waals surface area contributed by atoms with Crippen LogP contribution in [0.1, 0.15) is 0 Å². The molecule has 0 radical (unpaired) electrons. The number of hydrogen-bond donors (Lipinski definition) is 1. The maximum atomic E-state index is 5.77. The van der Waals surface area contributed by atoms with Gasteiger partial charge in [-0.2, -0.15) is 9.67 Å². The zero-order chi connectivity index (χ0) is 10.8. The van der Waals surface area contributed by atoms with Gasteiger partial charge in [0, 0.05) is 14.1 Å². The zero-order valence-corrected chi connectivity index (χ0v) is 8.75. The first-order valence-electron chi connectivity index (χ1n) is 4.64. The lowest BCUT2D eigenvalue weighted by molar-refractivity contribution is 0.875. The highest BCUT2D eigenvalue weighted by Gasteiger charge is 2.08. The number of nitrogens with two attached hydrogens (primary N) is 1. The van der Waals surface area contributed by atoms with Gasteiger partial charge in [0.05, 0.1) is 5.69 Å². The van der Waals surface area contributed by atoms with Crippen molar-refractivity contribution in [2.75, 3.05) is 24.7 Å². The molecule has 1 aromatic carbocycles. The number of benzene rings is 1. The third kappa shape index (κ3) is 1.76. The summed E-state index contributed by atoms with van der Waals surface area (Å²) in [6.07, 6.45) is 0. The highest BCUT2D eigenvalue weighted by Crippen LogP contribution is 2.14. The Kier molecular flexibility index (Phi) is 2.29. The molecule has 2 rings (SSSR count). The smallest absolute Gasteiger partial charge is 0.246 e. The molecule has 0 unspecified atom stereocenters. The highest BCUT2D eigenvalue weighted by molar-refractivity contribution is 5.42. The van der Waals surface area contributed by atoms with Crippen LogP contribution in [0.15, 0.2) is 30.3 Å². The van der Waals surface area contributed by atoms with Gasteiger partial charge in [0.2, 0.25) is 11.9 Å². The second-order valence-corrected chi connectivity index (χ2v) is 3.41. The molecule has 15 heavy (non-hydrogen) atoms. The molecule has 0 atom stereocenters. The molecule has 0 saturated carbocycles. The lowest BCUT2D eigenvalue weighted by Crippen LogP contribution is -2.10. The second-order valence-electron chi connectivity index (χ2n) is 3.41. The molecule has 0 amide bonds. The van der Waals surface area contributed by atoms with Gasteiger partial charge in [-0.15, -0.1) is 5.10 Å². The van der Waals surface area contributed by atoms with Crippen molar-refractivity contribution < 1.29 is 0 Å². The molecular weight excluding hydrogens is 190 g/mol. The molecule has 2 aromatic rings. The van der Waals surface area contributed by atoms with Crippen molar-refractivity contribution in [3.8, 4) is 5.69 Å². The second kappa shape index (κ2) is 3.61. The van der Waals surface area contributed by atoms with E-state index >= 15 is 0 Å². The first kappa shape index (κ1) is 9.51. The summed E-state index contributed by atoms with van der Waals surface area (Å²) in [5.41, 5.74) is 6.69. The average Bonchev–Trinajstić information content (AvgIpc) is 2.62. The van der Waals surface area contributed by atoms with Crippen LogP contribution in [0.3, 0.4) is 0 Å². The molecule has 0 aliphatic carbocycles. The van der Waals surface area contributed by atoms with E-state index in [0.717, 1.165) is 5.69 Å². The van der Waals surface area contributed by atoms with E-state index in [4.69, 9.17) is 5.73 Å². The Morgan fingerprint density at radius 3 is 2.40 bits per heavy atom. The van der Waals surface area contributed by atoms with Crippen molar-refractivity contribution in [3.63, 3.8) is 0 Å². The number of hydrogen-bond acceptors (Lipinski definition) is 4. The van der Waals surface area contributed by atoms with Gasteiger partial charge in [0.25, 0.3) is 0 Å². The minimum absolute atomic E-state index is 0.393. The Hall–Kier alpha value is -2.04. The van der Waals surface area contributed by atoms with Crippen LogP contribution >= 0.6 is 0 Å². The van der Waals surface area contributed by atoms with Gasteiger partial charge < -0.3 is 10.6 Å². The van der Waals surface area contributed by atoms with Gasteiger partial charge >= 0.3 is 0 Å². The Balaban J connectivity index is 2.45. The van der Waals surface area contributed by atoms with Crippen LogP contribution in [0.4, 0.5) is 11.9 Å². The number of nitrogens with zero attached hydrogens (tertiary/aromatic N) is 4. The number of aromatic nitrogens is 3. The van der Waals surface area contributed by atoms with E-state index < -0.39 is 0 Å². The van der Waals surface area contributed by atoms with Crippen molar-refractivity contribution >= 4 is 11.9 Å². The Labute approximate surface area is 88.1 Å². The van der Waals surface area contributed by atoms with Gasteiger partial charge in [-0.1, -0.05) is 18.2 Å². The maximum Gasteiger partial charge on any atom is 0.246 e. The van der Waals surface area contributed by atoms with Crippen molar-refractivity contribution in [3.05, 3.63) is 30.3 Å². The van der Waals surface area contributed by atoms with Gasteiger partial charge in [0.15, 0.2) is 0 Å². The number of anilines is 2. The predicted octanol–water partition coefficient (Wildman–Crippen LogP) is 0.915. The molecular formula is C10H13N5. The summed E-state index contributed by atoms with van der Waals surface area (Å²) in [4.78, 5) is 5.96. The largest absolute Gasteiger partial charge is 0.368 e. The topological polar surface area (TPSA) is 60.0 Å². The predicted molar refractivity (Wildman–Crippen MR) is 60.1 cm³/mol. The minimum Gasteiger partial charge on any atom is -0.368 e. The van der Waals surface area contributed by atoms with E-state index in [1.165, 1.54) is 0 Å². The van der Waals surface area contributed by atoms with Crippen LogP contribution in [0.5, 0.6) is 0 Å². The van der Waals surface area contributed by atoms with Crippen LogP contribution in [0, 0.1) is 0 Å². The number of para-hydroxylation sites is 1. The van der Waals surface area contributed by atoms with Crippen LogP contribution in [-0.2, 0) is 0 Å². The summed E-state index contributed by atoms with van der Waals surface area (Å²) >= 11 is 0. The molecule has 2 N–H and O–H groups in total. The summed E-state index contributed by atoms with van der Waals surface area (Å²) in [5, 5.41) is 4.29. The highest BCUT2D eigenvalue weighted by atomic mass is 15.4. The molecule has 0 fully saturated rings. The van der Waals surface area contributed by atoms with E-state index in [9.17, 15) is 0 Å². The van der Waals surface area contributed by atoms with Crippen LogP contribution in [-0.4, -0.2) is 28.9 Å². The van der Waals surface area contributed by atoms with Gasteiger partial charge in [0.1, 0.15) is 0 Å². The van der Waals surface area contributed by atoms with Gasteiger partial charge in [-0.3, -0.25) is 0 Å². The molecule has 1 aromatic heterocycles. The fourth-order valence-electron chi connectivity index (χ4n) is 1.26. The molecule has 5 heteroatoms. The fourth-order valence-corrected chi connectivity index (χ4v) is 1.26. The number of rotatable bonds is 2. The molecule has 0 saturated heterocycles. The van der Waals surface area contributed by atoms with Crippen LogP contribution in [0.25, 0.3) is 5.69 Å². The average molecular weight is 203 g/mol. The molecule has 78 valence electrons. The van der Waals surface area contributed by atoms with Crippen molar-refractivity contribution in [1.29, 1.82) is 0 Å². The monoisotopic (exact) mass is 203 g/mol. The molecule has 1 heterocycles. The Morgan fingerprint density at radius 2 is 1.87 bits per heavy atom. The standard InChI is InChI=1S/C10H13N5/c1-14(2)10-12-9(11)15(13-10)8-6-4-3-5-7-8/h3-7H,1-2H3,(H2,11,12,13). The summed E-state index contributed by atoms with van der Waals surface area (Å²) in [7, 11) is 3.76. The van der Waals surface area contributed by atoms with Gasteiger partial charge in [-0.05, 0) is 12.1 Å². The van der Waals surface area contributed by atoms with E-state index in [1.807, 2.05) is 49.3 Å². The summed E-state index contributed by atoms with van der Waals surface area (Å²) in [6.45, 7) is 0. The van der Waals surface area contributed by atoms with Gasteiger partial charge in [-0.25, -0.2) is 0 Å². The first-order valence-corrected chi connectivity index (χ1v) is 4.64. The summed E-state index contributed by atoms with van der Waals surface area (Å²) in [5.74, 6) is 1.00. The summed E-state index contributed by atoms with van der Waals surface area (Å²) in [6, 6.07) is 9.69. The maximum absolute atomic E-state index is 5.77. The minimum atomic E-state index is 0.393. The molecule has 5 nitrogen and oxygen atoms in total. The summed E-state index contributed by atoms with van der Waals surface area (Å²) < 4.78 is 1.62. The van der Waals surface area contributed by atoms with E-state index in [-0.39, 0.29) is 0 Å². The third-order valence-corrected chi connectivity index (χ3v) is 2.02. The lowest BCUT2D eigenvalue weighted by atomic mass is 10.3. The third-order valence-electron chi connectivity index (χ3n) is 2.02. The number of nitrogen functional groups attached to an aromatic ring is 1. The Bertz CT molecular complexity index is 446. The van der Waals surface area contributed by atoms with E-state index in [0.29, 0.717) is 11.9 Å². The van der Waals surface area contributed by atoms with Crippen LogP contribution < -0.4 is 10.6 Å². The van der Waals surface area contributed by atoms with Crippen molar-refractivity contribution in [1.82, 2.24) is 14.8 Å². The fraction of sp³-hybridized carbons (Fsp3) is 0.200. The molecule has 0 bridgehead atoms. The van der Waals surface area contributed by atoms with Crippen molar-refractivity contribution in [2.24, 2.45) is 0 Å².